The van der Waals surface area contributed by atoms with Crippen molar-refractivity contribution in [2.75, 3.05) is 19.6 Å². The molecule has 1 aliphatic rings. The molecule has 13 heavy (non-hydrogen) atoms. The molecular weight excluding hydrogens is 164 g/mol. The van der Waals surface area contributed by atoms with Crippen molar-refractivity contribution >= 4 is 5.91 Å². The zero-order valence-corrected chi connectivity index (χ0v) is 8.44. The van der Waals surface area contributed by atoms with Crippen LogP contribution in [-0.2, 0) is 4.79 Å². The van der Waals surface area contributed by atoms with Crippen LogP contribution in [0.1, 0.15) is 32.6 Å². The van der Waals surface area contributed by atoms with E-state index in [-0.39, 0.29) is 5.91 Å². The molecule has 76 valence electrons. The Morgan fingerprint density at radius 2 is 2.15 bits per heavy atom. The predicted octanol–water partition coefficient (Wildman–Crippen LogP) is 0.902. The Hall–Kier alpha value is -0.570. The molecule has 0 aromatic carbocycles. The summed E-state index contributed by atoms with van der Waals surface area (Å²) < 4.78 is 0. The highest BCUT2D eigenvalue weighted by Gasteiger charge is 2.15. The molecule has 1 heterocycles. The second-order valence-electron chi connectivity index (χ2n) is 3.75. The molecule has 1 aliphatic heterocycles. The van der Waals surface area contributed by atoms with Crippen LogP contribution >= 0.6 is 0 Å². The molecule has 0 aromatic heterocycles. The summed E-state index contributed by atoms with van der Waals surface area (Å²) in [6, 6.07) is 0. The molecule has 0 saturated carbocycles. The lowest BCUT2D eigenvalue weighted by atomic mass is 9.94. The van der Waals surface area contributed by atoms with E-state index in [1.807, 2.05) is 0 Å². The summed E-state index contributed by atoms with van der Waals surface area (Å²) in [6.07, 6.45) is 4.05. The molecule has 0 aromatic rings. The van der Waals surface area contributed by atoms with E-state index in [4.69, 9.17) is 0 Å². The maximum atomic E-state index is 11.3. The summed E-state index contributed by atoms with van der Waals surface area (Å²) in [4.78, 5) is 11.3. The molecule has 0 radical (unpaired) electrons. The van der Waals surface area contributed by atoms with Crippen molar-refractivity contribution in [1.29, 1.82) is 0 Å². The van der Waals surface area contributed by atoms with Gasteiger partial charge >= 0.3 is 0 Å². The highest BCUT2D eigenvalue weighted by molar-refractivity contribution is 5.76. The molecule has 0 atom stereocenters. The maximum Gasteiger partial charge on any atom is 0.220 e. The van der Waals surface area contributed by atoms with Gasteiger partial charge in [-0.3, -0.25) is 4.79 Å². The zero-order valence-electron chi connectivity index (χ0n) is 8.44. The Morgan fingerprint density at radius 1 is 1.46 bits per heavy atom. The van der Waals surface area contributed by atoms with Gasteiger partial charge in [-0.1, -0.05) is 6.92 Å². The number of carbonyl (C=O) groups excluding carboxylic acids is 1. The van der Waals surface area contributed by atoms with Crippen LogP contribution in [-0.4, -0.2) is 25.5 Å². The lowest BCUT2D eigenvalue weighted by Gasteiger charge is -2.21. The molecule has 0 aliphatic carbocycles. The van der Waals surface area contributed by atoms with Crippen LogP contribution in [0.3, 0.4) is 0 Å². The molecule has 1 rings (SSSR count). The third kappa shape index (κ3) is 4.27. The molecule has 3 heteroatoms. The van der Waals surface area contributed by atoms with Crippen LogP contribution in [0.15, 0.2) is 0 Å². The van der Waals surface area contributed by atoms with E-state index in [0.717, 1.165) is 45.3 Å². The minimum Gasteiger partial charge on any atom is -0.356 e. The van der Waals surface area contributed by atoms with Crippen molar-refractivity contribution in [2.24, 2.45) is 5.92 Å². The second kappa shape index (κ2) is 5.97. The highest BCUT2D eigenvalue weighted by Crippen LogP contribution is 2.15. The standard InChI is InChI=1S/C10H20N2O/c1-2-5-12-10(13)8-9-3-6-11-7-4-9/h9,11H,2-8H2,1H3,(H,12,13). The van der Waals surface area contributed by atoms with Crippen LogP contribution in [0, 0.1) is 5.92 Å². The first-order valence-electron chi connectivity index (χ1n) is 5.30. The van der Waals surface area contributed by atoms with E-state index in [2.05, 4.69) is 17.6 Å². The molecule has 3 nitrogen and oxygen atoms in total. The molecule has 2 N–H and O–H groups in total. The smallest absolute Gasteiger partial charge is 0.220 e. The molecule has 0 bridgehead atoms. The lowest BCUT2D eigenvalue weighted by molar-refractivity contribution is -0.122. The average Bonchev–Trinajstić information content (AvgIpc) is 2.16. The topological polar surface area (TPSA) is 41.1 Å². The minimum absolute atomic E-state index is 0.230. The SMILES string of the molecule is CCCNC(=O)CC1CCNCC1. The Labute approximate surface area is 80.3 Å². The molecular formula is C10H20N2O. The van der Waals surface area contributed by atoms with Crippen LogP contribution in [0.25, 0.3) is 0 Å². The number of amides is 1. The van der Waals surface area contributed by atoms with Gasteiger partial charge in [0.2, 0.25) is 5.91 Å². The number of rotatable bonds is 4. The number of hydrogen-bond acceptors (Lipinski definition) is 2. The Kier molecular flexibility index (Phi) is 4.83. The first-order valence-corrected chi connectivity index (χ1v) is 5.30. The summed E-state index contributed by atoms with van der Waals surface area (Å²) in [5, 5.41) is 6.22. The first-order chi connectivity index (χ1) is 6.33. The van der Waals surface area contributed by atoms with Gasteiger partial charge in [0, 0.05) is 13.0 Å². The van der Waals surface area contributed by atoms with Crippen molar-refractivity contribution < 1.29 is 4.79 Å². The van der Waals surface area contributed by atoms with Gasteiger partial charge in [-0.05, 0) is 38.3 Å². The van der Waals surface area contributed by atoms with Crippen LogP contribution in [0.2, 0.25) is 0 Å². The summed E-state index contributed by atoms with van der Waals surface area (Å²) >= 11 is 0. The molecule has 0 spiro atoms. The van der Waals surface area contributed by atoms with Gasteiger partial charge in [-0.15, -0.1) is 0 Å². The monoisotopic (exact) mass is 184 g/mol. The van der Waals surface area contributed by atoms with Crippen molar-refractivity contribution in [3.8, 4) is 0 Å². The molecule has 1 amide bonds. The van der Waals surface area contributed by atoms with Crippen molar-refractivity contribution in [1.82, 2.24) is 10.6 Å². The van der Waals surface area contributed by atoms with E-state index >= 15 is 0 Å². The van der Waals surface area contributed by atoms with Crippen molar-refractivity contribution in [3.63, 3.8) is 0 Å². The van der Waals surface area contributed by atoms with Gasteiger partial charge in [0.15, 0.2) is 0 Å². The Bertz CT molecular complexity index is 153. The maximum absolute atomic E-state index is 11.3. The van der Waals surface area contributed by atoms with Gasteiger partial charge < -0.3 is 10.6 Å². The van der Waals surface area contributed by atoms with Crippen LogP contribution < -0.4 is 10.6 Å². The Morgan fingerprint density at radius 3 is 2.77 bits per heavy atom. The fourth-order valence-corrected chi connectivity index (χ4v) is 1.68. The number of hydrogen-bond donors (Lipinski definition) is 2. The summed E-state index contributed by atoms with van der Waals surface area (Å²) in [7, 11) is 0. The molecule has 1 saturated heterocycles. The summed E-state index contributed by atoms with van der Waals surface area (Å²) in [5.41, 5.74) is 0. The molecule has 0 unspecified atom stereocenters. The highest BCUT2D eigenvalue weighted by atomic mass is 16.1. The molecule has 1 fully saturated rings. The van der Waals surface area contributed by atoms with E-state index in [1.54, 1.807) is 0 Å². The van der Waals surface area contributed by atoms with Crippen LogP contribution in [0.4, 0.5) is 0 Å². The summed E-state index contributed by atoms with van der Waals surface area (Å²) in [6.45, 7) is 5.05. The predicted molar refractivity (Wildman–Crippen MR) is 53.5 cm³/mol. The van der Waals surface area contributed by atoms with Gasteiger partial charge in [-0.25, -0.2) is 0 Å². The normalized spacial score (nSPS) is 18.5. The van der Waals surface area contributed by atoms with E-state index < -0.39 is 0 Å². The van der Waals surface area contributed by atoms with Gasteiger partial charge in [0.25, 0.3) is 0 Å². The van der Waals surface area contributed by atoms with Gasteiger partial charge in [0.05, 0.1) is 0 Å². The van der Waals surface area contributed by atoms with Crippen molar-refractivity contribution in [3.05, 3.63) is 0 Å². The minimum atomic E-state index is 0.230. The van der Waals surface area contributed by atoms with Gasteiger partial charge in [-0.2, -0.15) is 0 Å². The average molecular weight is 184 g/mol. The Balaban J connectivity index is 2.11. The summed E-state index contributed by atoms with van der Waals surface area (Å²) in [5.74, 6) is 0.840. The fourth-order valence-electron chi connectivity index (χ4n) is 1.68. The second-order valence-corrected chi connectivity index (χ2v) is 3.75. The first kappa shape index (κ1) is 10.5. The van der Waals surface area contributed by atoms with E-state index in [1.165, 1.54) is 0 Å². The number of nitrogens with one attached hydrogen (secondary N) is 2. The van der Waals surface area contributed by atoms with E-state index in [0.29, 0.717) is 5.92 Å². The quantitative estimate of drug-likeness (QED) is 0.681. The number of carbonyl (C=O) groups is 1. The van der Waals surface area contributed by atoms with Crippen molar-refractivity contribution in [2.45, 2.75) is 32.6 Å². The largest absolute Gasteiger partial charge is 0.356 e. The van der Waals surface area contributed by atoms with Crippen LogP contribution in [0.5, 0.6) is 0 Å². The third-order valence-corrected chi connectivity index (χ3v) is 2.50. The fraction of sp³-hybridized carbons (Fsp3) is 0.900. The number of piperidine rings is 1. The lowest BCUT2D eigenvalue weighted by Crippen LogP contribution is -2.32. The zero-order chi connectivity index (χ0) is 9.52. The van der Waals surface area contributed by atoms with E-state index in [9.17, 15) is 4.79 Å². The van der Waals surface area contributed by atoms with Gasteiger partial charge in [0.1, 0.15) is 0 Å². The third-order valence-electron chi connectivity index (χ3n) is 2.50.